The number of pyridine rings is 1. The Bertz CT molecular complexity index is 523. The molecule has 0 aliphatic carbocycles. The molecule has 2 aromatic rings. The third-order valence-electron chi connectivity index (χ3n) is 2.38. The molecule has 0 atom stereocenters. The number of benzene rings is 1. The molecule has 0 spiro atoms. The predicted molar refractivity (Wildman–Crippen MR) is 65.5 cm³/mol. The van der Waals surface area contributed by atoms with Gasteiger partial charge in [0.15, 0.2) is 0 Å². The number of aryl methyl sites for hydroxylation is 2. The molecule has 1 aromatic carbocycles. The number of hydrogen-bond donors (Lipinski definition) is 0. The highest BCUT2D eigenvalue weighted by Gasteiger charge is 2.07. The third-order valence-corrected chi connectivity index (χ3v) is 2.84. The van der Waals surface area contributed by atoms with Gasteiger partial charge in [0.2, 0.25) is 0 Å². The largest absolute Gasteiger partial charge is 0.496 e. The number of rotatable bonds is 1. The van der Waals surface area contributed by atoms with Gasteiger partial charge in [0, 0.05) is 21.6 Å². The Hall–Kier alpha value is -1.09. The summed E-state index contributed by atoms with van der Waals surface area (Å²) < 4.78 is 6.41. The molecular formula is C12H12BrNO. The first-order chi connectivity index (χ1) is 7.11. The topological polar surface area (TPSA) is 22.1 Å². The Morgan fingerprint density at radius 2 is 1.93 bits per heavy atom. The molecule has 0 N–H and O–H groups in total. The molecular weight excluding hydrogens is 254 g/mol. The maximum Gasteiger partial charge on any atom is 0.130 e. The molecule has 1 heterocycles. The van der Waals surface area contributed by atoms with Gasteiger partial charge in [0.1, 0.15) is 5.75 Å². The number of fused-ring (bicyclic) bond motifs is 1. The summed E-state index contributed by atoms with van der Waals surface area (Å²) in [7, 11) is 1.68. The first-order valence-electron chi connectivity index (χ1n) is 4.73. The highest BCUT2D eigenvalue weighted by Crippen LogP contribution is 2.30. The highest BCUT2D eigenvalue weighted by atomic mass is 79.9. The van der Waals surface area contributed by atoms with Gasteiger partial charge in [0.25, 0.3) is 0 Å². The number of aromatic nitrogens is 1. The van der Waals surface area contributed by atoms with Crippen molar-refractivity contribution in [2.45, 2.75) is 13.8 Å². The Kier molecular flexibility index (Phi) is 2.65. The number of nitrogens with zero attached hydrogens (tertiary/aromatic N) is 1. The summed E-state index contributed by atoms with van der Waals surface area (Å²) in [6.45, 7) is 4.03. The van der Waals surface area contributed by atoms with Crippen LogP contribution < -0.4 is 4.74 Å². The van der Waals surface area contributed by atoms with Gasteiger partial charge in [-0.05, 0) is 31.5 Å². The fourth-order valence-electron chi connectivity index (χ4n) is 1.72. The second-order valence-corrected chi connectivity index (χ2v) is 4.50. The van der Waals surface area contributed by atoms with Crippen molar-refractivity contribution in [2.75, 3.05) is 7.11 Å². The molecule has 78 valence electrons. The predicted octanol–water partition coefficient (Wildman–Crippen LogP) is 3.62. The maximum absolute atomic E-state index is 5.36. The van der Waals surface area contributed by atoms with Gasteiger partial charge in [-0.15, -0.1) is 0 Å². The lowest BCUT2D eigenvalue weighted by molar-refractivity contribution is 0.419. The van der Waals surface area contributed by atoms with Crippen LogP contribution in [0.25, 0.3) is 10.9 Å². The van der Waals surface area contributed by atoms with Crippen molar-refractivity contribution in [1.29, 1.82) is 0 Å². The standard InChI is InChI=1S/C12H12BrNO/c1-7-4-9(13)6-10-11(15-3)5-8(2)14-12(7)10/h4-6H,1-3H3. The Morgan fingerprint density at radius 1 is 1.20 bits per heavy atom. The molecule has 1 aromatic heterocycles. The van der Waals surface area contributed by atoms with E-state index in [-0.39, 0.29) is 0 Å². The van der Waals surface area contributed by atoms with E-state index < -0.39 is 0 Å². The summed E-state index contributed by atoms with van der Waals surface area (Å²) in [6.07, 6.45) is 0. The van der Waals surface area contributed by atoms with E-state index in [2.05, 4.69) is 33.9 Å². The molecule has 0 unspecified atom stereocenters. The fraction of sp³-hybridized carbons (Fsp3) is 0.250. The first kappa shape index (κ1) is 10.4. The van der Waals surface area contributed by atoms with Crippen LogP contribution in [0.2, 0.25) is 0 Å². The highest BCUT2D eigenvalue weighted by molar-refractivity contribution is 9.10. The SMILES string of the molecule is COc1cc(C)nc2c(C)cc(Br)cc12. The van der Waals surface area contributed by atoms with Gasteiger partial charge in [-0.3, -0.25) is 4.98 Å². The Labute approximate surface area is 97.4 Å². The molecule has 0 radical (unpaired) electrons. The van der Waals surface area contributed by atoms with Gasteiger partial charge >= 0.3 is 0 Å². The Morgan fingerprint density at radius 3 is 2.60 bits per heavy atom. The maximum atomic E-state index is 5.36. The minimum absolute atomic E-state index is 0.877. The van der Waals surface area contributed by atoms with Crippen LogP contribution in [0.15, 0.2) is 22.7 Å². The third kappa shape index (κ3) is 1.84. The average Bonchev–Trinajstić information content (AvgIpc) is 2.18. The zero-order chi connectivity index (χ0) is 11.0. The number of methoxy groups -OCH3 is 1. The van der Waals surface area contributed by atoms with E-state index in [0.717, 1.165) is 32.4 Å². The summed E-state index contributed by atoms with van der Waals surface area (Å²) in [6, 6.07) is 6.05. The molecule has 0 aliphatic heterocycles. The normalized spacial score (nSPS) is 10.7. The molecule has 2 nitrogen and oxygen atoms in total. The lowest BCUT2D eigenvalue weighted by atomic mass is 10.1. The van der Waals surface area contributed by atoms with Gasteiger partial charge in [-0.1, -0.05) is 15.9 Å². The van der Waals surface area contributed by atoms with Crippen molar-refractivity contribution in [2.24, 2.45) is 0 Å². The summed E-state index contributed by atoms with van der Waals surface area (Å²) >= 11 is 3.48. The molecule has 0 fully saturated rings. The van der Waals surface area contributed by atoms with Gasteiger partial charge in [-0.25, -0.2) is 0 Å². The number of hydrogen-bond acceptors (Lipinski definition) is 2. The molecule has 3 heteroatoms. The van der Waals surface area contributed by atoms with Crippen LogP contribution in [-0.4, -0.2) is 12.1 Å². The molecule has 0 saturated carbocycles. The van der Waals surface area contributed by atoms with Crippen molar-refractivity contribution in [1.82, 2.24) is 4.98 Å². The van der Waals surface area contributed by atoms with E-state index in [1.807, 2.05) is 19.1 Å². The average molecular weight is 266 g/mol. The van der Waals surface area contributed by atoms with E-state index >= 15 is 0 Å². The van der Waals surface area contributed by atoms with Crippen LogP contribution in [0.4, 0.5) is 0 Å². The summed E-state index contributed by atoms with van der Waals surface area (Å²) in [5.74, 6) is 0.877. The van der Waals surface area contributed by atoms with E-state index in [9.17, 15) is 0 Å². The van der Waals surface area contributed by atoms with Crippen LogP contribution >= 0.6 is 15.9 Å². The fourth-order valence-corrected chi connectivity index (χ4v) is 2.29. The lowest BCUT2D eigenvalue weighted by Crippen LogP contribution is -1.92. The lowest BCUT2D eigenvalue weighted by Gasteiger charge is -2.09. The van der Waals surface area contributed by atoms with Crippen LogP contribution in [0, 0.1) is 13.8 Å². The van der Waals surface area contributed by atoms with Crippen LogP contribution in [-0.2, 0) is 0 Å². The first-order valence-corrected chi connectivity index (χ1v) is 5.52. The molecule has 0 amide bonds. The van der Waals surface area contributed by atoms with Crippen molar-refractivity contribution in [3.8, 4) is 5.75 Å². The van der Waals surface area contributed by atoms with Crippen molar-refractivity contribution in [3.63, 3.8) is 0 Å². The van der Waals surface area contributed by atoms with E-state index in [1.165, 1.54) is 0 Å². The van der Waals surface area contributed by atoms with Crippen LogP contribution in [0.5, 0.6) is 5.75 Å². The molecule has 0 bridgehead atoms. The van der Waals surface area contributed by atoms with Crippen molar-refractivity contribution >= 4 is 26.8 Å². The van der Waals surface area contributed by atoms with E-state index in [4.69, 9.17) is 4.74 Å². The van der Waals surface area contributed by atoms with E-state index in [0.29, 0.717) is 0 Å². The molecule has 15 heavy (non-hydrogen) atoms. The van der Waals surface area contributed by atoms with Crippen LogP contribution in [0.1, 0.15) is 11.3 Å². The summed E-state index contributed by atoms with van der Waals surface area (Å²) in [4.78, 5) is 4.52. The zero-order valence-corrected chi connectivity index (χ0v) is 10.6. The quantitative estimate of drug-likeness (QED) is 0.786. The summed E-state index contributed by atoms with van der Waals surface area (Å²) in [5, 5.41) is 1.05. The Balaban J connectivity index is 2.89. The zero-order valence-electron chi connectivity index (χ0n) is 8.97. The minimum atomic E-state index is 0.877. The van der Waals surface area contributed by atoms with Crippen LogP contribution in [0.3, 0.4) is 0 Å². The molecule has 0 aliphatic rings. The monoisotopic (exact) mass is 265 g/mol. The van der Waals surface area contributed by atoms with E-state index in [1.54, 1.807) is 7.11 Å². The molecule has 0 saturated heterocycles. The number of ether oxygens (including phenoxy) is 1. The van der Waals surface area contributed by atoms with Crippen molar-refractivity contribution < 1.29 is 4.74 Å². The minimum Gasteiger partial charge on any atom is -0.496 e. The van der Waals surface area contributed by atoms with Gasteiger partial charge < -0.3 is 4.74 Å². The number of halogens is 1. The van der Waals surface area contributed by atoms with Gasteiger partial charge in [0.05, 0.1) is 12.6 Å². The smallest absolute Gasteiger partial charge is 0.130 e. The molecule has 2 rings (SSSR count). The second-order valence-electron chi connectivity index (χ2n) is 3.58. The summed E-state index contributed by atoms with van der Waals surface area (Å²) in [5.41, 5.74) is 3.14. The van der Waals surface area contributed by atoms with Crippen molar-refractivity contribution in [3.05, 3.63) is 33.9 Å². The van der Waals surface area contributed by atoms with Gasteiger partial charge in [-0.2, -0.15) is 0 Å². The second kappa shape index (κ2) is 3.81.